The molecule has 4 aromatic rings. The number of hydrogen-bond acceptors (Lipinski definition) is 4. The van der Waals surface area contributed by atoms with Crippen LogP contribution in [0.2, 0.25) is 0 Å². The van der Waals surface area contributed by atoms with Crippen LogP contribution in [0, 0.1) is 6.92 Å². The molecule has 0 bridgehead atoms. The molecular formula is C27H28N4O2. The number of anilines is 1. The van der Waals surface area contributed by atoms with Gasteiger partial charge in [-0.3, -0.25) is 9.78 Å². The molecule has 3 aromatic heterocycles. The molecule has 1 aliphatic rings. The van der Waals surface area contributed by atoms with Gasteiger partial charge in [0.05, 0.1) is 5.60 Å². The van der Waals surface area contributed by atoms with Crippen molar-refractivity contribution in [3.05, 3.63) is 66.2 Å². The topological polar surface area (TPSA) is 71.2 Å². The molecule has 1 N–H and O–H groups in total. The van der Waals surface area contributed by atoms with Gasteiger partial charge in [-0.1, -0.05) is 6.07 Å². The molecule has 1 saturated heterocycles. The number of amides is 1. The van der Waals surface area contributed by atoms with Gasteiger partial charge in [-0.15, -0.1) is 0 Å². The molecule has 1 fully saturated rings. The molecule has 0 spiro atoms. The first-order valence-corrected chi connectivity index (χ1v) is 11.3. The second-order valence-electron chi connectivity index (χ2n) is 9.42. The largest absolute Gasteiger partial charge is 0.386 e. The minimum absolute atomic E-state index is 0.195. The average molecular weight is 441 g/mol. The molecule has 0 aliphatic carbocycles. The van der Waals surface area contributed by atoms with Crippen LogP contribution in [0.25, 0.3) is 33.3 Å². The lowest BCUT2D eigenvalue weighted by molar-refractivity contribution is -0.117. The molecule has 0 unspecified atom stereocenters. The average Bonchev–Trinajstić information content (AvgIpc) is 3.36. The Balaban J connectivity index is 1.57. The lowest BCUT2D eigenvalue weighted by Gasteiger charge is -2.18. The van der Waals surface area contributed by atoms with E-state index in [0.29, 0.717) is 6.42 Å². The van der Waals surface area contributed by atoms with Crippen molar-refractivity contribution in [2.75, 3.05) is 11.4 Å². The number of hydrogen-bond donors (Lipinski definition) is 1. The number of carbonyl (C=O) groups excluding carboxylic acids is 1. The third-order valence-electron chi connectivity index (χ3n) is 6.48. The smallest absolute Gasteiger partial charge is 0.227 e. The van der Waals surface area contributed by atoms with Crippen LogP contribution in [-0.4, -0.2) is 32.1 Å². The van der Waals surface area contributed by atoms with Crippen LogP contribution in [0.15, 0.2) is 55.1 Å². The van der Waals surface area contributed by atoms with Gasteiger partial charge in [-0.25, -0.2) is 4.98 Å². The predicted octanol–water partition coefficient (Wildman–Crippen LogP) is 4.96. The number of fused-ring (bicyclic) bond motifs is 1. The van der Waals surface area contributed by atoms with Crippen molar-refractivity contribution in [1.29, 1.82) is 0 Å². The highest BCUT2D eigenvalue weighted by Crippen LogP contribution is 2.35. The van der Waals surface area contributed by atoms with Crippen LogP contribution in [0.5, 0.6) is 0 Å². The molecule has 1 aliphatic heterocycles. The molecule has 33 heavy (non-hydrogen) atoms. The maximum atomic E-state index is 12.1. The first kappa shape index (κ1) is 21.3. The maximum Gasteiger partial charge on any atom is 0.227 e. The third-order valence-corrected chi connectivity index (χ3v) is 6.48. The van der Waals surface area contributed by atoms with E-state index < -0.39 is 5.60 Å². The van der Waals surface area contributed by atoms with Gasteiger partial charge in [0.1, 0.15) is 5.65 Å². The fourth-order valence-corrected chi connectivity index (χ4v) is 4.62. The highest BCUT2D eigenvalue weighted by atomic mass is 16.3. The summed E-state index contributed by atoms with van der Waals surface area (Å²) in [5, 5.41) is 11.5. The number of benzene rings is 1. The number of carbonyl (C=O) groups is 1. The Morgan fingerprint density at radius 1 is 1.03 bits per heavy atom. The maximum absolute atomic E-state index is 12.1. The van der Waals surface area contributed by atoms with Crippen LogP contribution < -0.4 is 4.90 Å². The molecule has 1 aromatic carbocycles. The molecule has 0 atom stereocenters. The Hall–Kier alpha value is -3.51. The van der Waals surface area contributed by atoms with E-state index in [4.69, 9.17) is 0 Å². The van der Waals surface area contributed by atoms with Gasteiger partial charge < -0.3 is 14.6 Å². The second-order valence-corrected chi connectivity index (χ2v) is 9.42. The zero-order chi connectivity index (χ0) is 23.3. The normalized spacial score (nSPS) is 14.5. The van der Waals surface area contributed by atoms with Crippen molar-refractivity contribution >= 4 is 22.6 Å². The van der Waals surface area contributed by atoms with Gasteiger partial charge in [-0.05, 0) is 62.6 Å². The first-order chi connectivity index (χ1) is 15.7. The molecule has 5 rings (SSSR count). The van der Waals surface area contributed by atoms with E-state index in [1.807, 2.05) is 41.0 Å². The third kappa shape index (κ3) is 3.80. The van der Waals surface area contributed by atoms with Crippen molar-refractivity contribution in [2.45, 2.75) is 39.2 Å². The summed E-state index contributed by atoms with van der Waals surface area (Å²) < 4.78 is 2.00. The zero-order valence-corrected chi connectivity index (χ0v) is 19.5. The van der Waals surface area contributed by atoms with Gasteiger partial charge in [-0.2, -0.15) is 0 Å². The minimum Gasteiger partial charge on any atom is -0.386 e. The number of aromatic nitrogens is 3. The highest BCUT2D eigenvalue weighted by Gasteiger charge is 2.22. The molecule has 0 saturated carbocycles. The van der Waals surface area contributed by atoms with Crippen LogP contribution in [0.3, 0.4) is 0 Å². The summed E-state index contributed by atoms with van der Waals surface area (Å²) in [6, 6.07) is 10.3. The van der Waals surface area contributed by atoms with E-state index in [2.05, 4.69) is 41.3 Å². The van der Waals surface area contributed by atoms with Crippen LogP contribution in [0.4, 0.5) is 5.69 Å². The first-order valence-electron chi connectivity index (χ1n) is 11.3. The second kappa shape index (κ2) is 7.81. The highest BCUT2D eigenvalue weighted by molar-refractivity contribution is 5.96. The number of aliphatic hydroxyl groups is 1. The van der Waals surface area contributed by atoms with E-state index >= 15 is 0 Å². The Bertz CT molecular complexity index is 1380. The summed E-state index contributed by atoms with van der Waals surface area (Å²) in [5.74, 6) is 0.195. The van der Waals surface area contributed by atoms with Crippen molar-refractivity contribution in [1.82, 2.24) is 14.5 Å². The Labute approximate surface area is 193 Å². The molecular weight excluding hydrogens is 412 g/mol. The predicted molar refractivity (Wildman–Crippen MR) is 131 cm³/mol. The van der Waals surface area contributed by atoms with Crippen molar-refractivity contribution < 1.29 is 9.90 Å². The molecule has 168 valence electrons. The summed E-state index contributed by atoms with van der Waals surface area (Å²) in [6.07, 6.45) is 9.07. The van der Waals surface area contributed by atoms with Crippen LogP contribution in [-0.2, 0) is 17.4 Å². The lowest BCUT2D eigenvalue weighted by Crippen LogP contribution is -2.23. The summed E-state index contributed by atoms with van der Waals surface area (Å²) in [6.45, 7) is 6.39. The van der Waals surface area contributed by atoms with Crippen LogP contribution >= 0.6 is 0 Å². The summed E-state index contributed by atoms with van der Waals surface area (Å²) >= 11 is 0. The standard InChI is InChI=1S/C27H28N4O2/c1-17-10-21(31-9-5-6-25(31)32)7-8-22(17)18-11-19(14-28-13-18)24-16-30(4)26-23(24)12-20(15-29-26)27(2,3)33/h7-8,10-16,33H,5-6,9H2,1-4H3. The van der Waals surface area contributed by atoms with Gasteiger partial charge in [0, 0.05) is 78.1 Å². The van der Waals surface area contributed by atoms with E-state index in [1.165, 1.54) is 0 Å². The molecule has 0 radical (unpaired) electrons. The number of rotatable bonds is 4. The van der Waals surface area contributed by atoms with Crippen molar-refractivity contribution in [2.24, 2.45) is 7.05 Å². The molecule has 1 amide bonds. The number of aryl methyl sites for hydroxylation is 2. The number of pyridine rings is 2. The fourth-order valence-electron chi connectivity index (χ4n) is 4.62. The summed E-state index contributed by atoms with van der Waals surface area (Å²) in [4.78, 5) is 23.1. The van der Waals surface area contributed by atoms with Gasteiger partial charge in [0.2, 0.25) is 5.91 Å². The Kier molecular flexibility index (Phi) is 5.05. The summed E-state index contributed by atoms with van der Waals surface area (Å²) in [5.41, 5.74) is 6.86. The monoisotopic (exact) mass is 440 g/mol. The van der Waals surface area contributed by atoms with E-state index in [0.717, 1.165) is 63.1 Å². The van der Waals surface area contributed by atoms with Crippen molar-refractivity contribution in [3.63, 3.8) is 0 Å². The van der Waals surface area contributed by atoms with Crippen LogP contribution in [0.1, 0.15) is 37.8 Å². The number of nitrogens with zero attached hydrogens (tertiary/aromatic N) is 4. The molecule has 4 heterocycles. The van der Waals surface area contributed by atoms with E-state index in [9.17, 15) is 9.90 Å². The fraction of sp³-hybridized carbons (Fsp3) is 0.296. The van der Waals surface area contributed by atoms with E-state index in [-0.39, 0.29) is 5.91 Å². The summed E-state index contributed by atoms with van der Waals surface area (Å²) in [7, 11) is 1.97. The quantitative estimate of drug-likeness (QED) is 0.487. The molecule has 6 heteroatoms. The minimum atomic E-state index is -0.968. The SMILES string of the molecule is Cc1cc(N2CCCC2=O)ccc1-c1cncc(-c2cn(C)c3ncc(C(C)(C)O)cc23)c1. The Morgan fingerprint density at radius 3 is 2.45 bits per heavy atom. The zero-order valence-electron chi connectivity index (χ0n) is 19.5. The van der Waals surface area contributed by atoms with Crippen molar-refractivity contribution in [3.8, 4) is 22.3 Å². The van der Waals surface area contributed by atoms with E-state index in [1.54, 1.807) is 20.0 Å². The Morgan fingerprint density at radius 2 is 1.79 bits per heavy atom. The van der Waals surface area contributed by atoms with Gasteiger partial charge in [0.25, 0.3) is 0 Å². The van der Waals surface area contributed by atoms with Gasteiger partial charge >= 0.3 is 0 Å². The lowest BCUT2D eigenvalue weighted by atomic mass is 9.96. The van der Waals surface area contributed by atoms with Gasteiger partial charge in [0.15, 0.2) is 0 Å². The molecule has 6 nitrogen and oxygen atoms in total.